The summed E-state index contributed by atoms with van der Waals surface area (Å²) < 4.78 is 38.0. The number of non-ortho nitro benzene ring substituents is 1. The van der Waals surface area contributed by atoms with Crippen LogP contribution in [0.15, 0.2) is 23.1 Å². The van der Waals surface area contributed by atoms with E-state index in [9.17, 15) is 22.9 Å². The Balaban J connectivity index is 3.22. The topological polar surface area (TPSA) is 101 Å². The van der Waals surface area contributed by atoms with Gasteiger partial charge in [0, 0.05) is 19.7 Å². The van der Waals surface area contributed by atoms with Crippen LogP contribution in [0.1, 0.15) is 0 Å². The van der Waals surface area contributed by atoms with Crippen molar-refractivity contribution in [3.8, 4) is 0 Å². The molecular formula is C9H11FN2O5S. The number of nitro groups is 1. The lowest BCUT2D eigenvalue weighted by Gasteiger charge is -2.15. The number of hydrogen-bond acceptors (Lipinski definition) is 5. The second-order valence-corrected chi connectivity index (χ2v) is 5.44. The van der Waals surface area contributed by atoms with Gasteiger partial charge in [0.15, 0.2) is 0 Å². The molecule has 0 aliphatic rings. The molecule has 0 fully saturated rings. The Morgan fingerprint density at radius 3 is 2.56 bits per heavy atom. The third-order valence-electron chi connectivity index (χ3n) is 2.23. The van der Waals surface area contributed by atoms with Gasteiger partial charge >= 0.3 is 0 Å². The molecule has 9 heteroatoms. The Hall–Kier alpha value is -1.58. The number of benzene rings is 1. The van der Waals surface area contributed by atoms with E-state index in [-0.39, 0.29) is 6.54 Å². The van der Waals surface area contributed by atoms with Crippen molar-refractivity contribution in [3.63, 3.8) is 0 Å². The molecule has 0 spiro atoms. The second-order valence-electron chi connectivity index (χ2n) is 3.42. The number of hydrogen-bond donors (Lipinski definition) is 1. The molecule has 0 unspecified atom stereocenters. The number of likely N-dealkylation sites (N-methyl/N-ethyl adjacent to an activating group) is 1. The molecule has 18 heavy (non-hydrogen) atoms. The van der Waals surface area contributed by atoms with Crippen LogP contribution in [-0.2, 0) is 10.0 Å². The van der Waals surface area contributed by atoms with E-state index in [1.165, 1.54) is 7.05 Å². The van der Waals surface area contributed by atoms with Crippen molar-refractivity contribution in [2.75, 3.05) is 20.2 Å². The van der Waals surface area contributed by atoms with Crippen LogP contribution in [0.3, 0.4) is 0 Å². The third-order valence-corrected chi connectivity index (χ3v) is 4.12. The Bertz CT molecular complexity index is 560. The monoisotopic (exact) mass is 278 g/mol. The van der Waals surface area contributed by atoms with Crippen LogP contribution in [0.2, 0.25) is 0 Å². The predicted octanol–water partition coefficient (Wildman–Crippen LogP) is 0.347. The van der Waals surface area contributed by atoms with Gasteiger partial charge in [-0.05, 0) is 6.07 Å². The van der Waals surface area contributed by atoms with Crippen molar-refractivity contribution in [2.24, 2.45) is 0 Å². The highest BCUT2D eigenvalue weighted by Gasteiger charge is 2.25. The number of aliphatic hydroxyl groups is 1. The van der Waals surface area contributed by atoms with E-state index < -0.39 is 38.0 Å². The number of halogens is 1. The Labute approximate surface area is 103 Å². The standard InChI is InChI=1S/C9H11FN2O5S/c1-11(4-5-13)18(16,17)9-3-2-7(12(14)15)6-8(9)10/h2-3,6,13H,4-5H2,1H3. The predicted molar refractivity (Wildman–Crippen MR) is 60.0 cm³/mol. The molecule has 0 aliphatic carbocycles. The Morgan fingerprint density at radius 1 is 1.50 bits per heavy atom. The van der Waals surface area contributed by atoms with E-state index in [0.29, 0.717) is 6.07 Å². The molecule has 0 aliphatic heterocycles. The van der Waals surface area contributed by atoms with Gasteiger partial charge in [0.1, 0.15) is 10.7 Å². The fourth-order valence-corrected chi connectivity index (χ4v) is 2.44. The molecule has 1 N–H and O–H groups in total. The molecule has 7 nitrogen and oxygen atoms in total. The van der Waals surface area contributed by atoms with Gasteiger partial charge in [-0.2, -0.15) is 4.31 Å². The van der Waals surface area contributed by atoms with E-state index in [1.54, 1.807) is 0 Å². The summed E-state index contributed by atoms with van der Waals surface area (Å²) in [5, 5.41) is 19.0. The van der Waals surface area contributed by atoms with Gasteiger partial charge in [0.25, 0.3) is 5.69 Å². The number of rotatable bonds is 5. The molecule has 0 heterocycles. The molecule has 1 aromatic carbocycles. The maximum Gasteiger partial charge on any atom is 0.272 e. The lowest BCUT2D eigenvalue weighted by molar-refractivity contribution is -0.385. The number of aliphatic hydroxyl groups excluding tert-OH is 1. The summed E-state index contributed by atoms with van der Waals surface area (Å²) in [6.45, 7) is -0.608. The zero-order valence-electron chi connectivity index (χ0n) is 9.41. The largest absolute Gasteiger partial charge is 0.395 e. The Morgan fingerprint density at radius 2 is 2.11 bits per heavy atom. The summed E-state index contributed by atoms with van der Waals surface area (Å²) in [5.41, 5.74) is -0.531. The van der Waals surface area contributed by atoms with Crippen LogP contribution in [0.4, 0.5) is 10.1 Å². The first kappa shape index (κ1) is 14.5. The summed E-state index contributed by atoms with van der Waals surface area (Å²) in [5.74, 6) is -1.20. The van der Waals surface area contributed by atoms with Crippen molar-refractivity contribution >= 4 is 15.7 Å². The normalized spacial score (nSPS) is 11.8. The highest BCUT2D eigenvalue weighted by molar-refractivity contribution is 7.89. The van der Waals surface area contributed by atoms with E-state index >= 15 is 0 Å². The molecule has 0 bridgehead atoms. The molecule has 1 aromatic rings. The van der Waals surface area contributed by atoms with Gasteiger partial charge in [-0.25, -0.2) is 12.8 Å². The molecule has 0 aromatic heterocycles. The number of sulfonamides is 1. The van der Waals surface area contributed by atoms with E-state index in [0.717, 1.165) is 16.4 Å². The fraction of sp³-hybridized carbons (Fsp3) is 0.333. The van der Waals surface area contributed by atoms with Crippen molar-refractivity contribution < 1.29 is 22.8 Å². The van der Waals surface area contributed by atoms with Gasteiger partial charge in [-0.15, -0.1) is 0 Å². The Kier molecular flexibility index (Phi) is 4.33. The van der Waals surface area contributed by atoms with Gasteiger partial charge in [-0.3, -0.25) is 10.1 Å². The molecule has 1 rings (SSSR count). The summed E-state index contributed by atoms with van der Waals surface area (Å²) in [7, 11) is -2.93. The minimum atomic E-state index is -4.10. The van der Waals surface area contributed by atoms with Crippen LogP contribution in [0, 0.1) is 15.9 Å². The summed E-state index contributed by atoms with van der Waals surface area (Å²) >= 11 is 0. The smallest absolute Gasteiger partial charge is 0.272 e. The highest BCUT2D eigenvalue weighted by atomic mass is 32.2. The average Bonchev–Trinajstić information content (AvgIpc) is 2.28. The number of nitro benzene ring substituents is 1. The SMILES string of the molecule is CN(CCO)S(=O)(=O)c1ccc([N+](=O)[O-])cc1F. The van der Waals surface area contributed by atoms with Gasteiger partial charge in [0.05, 0.1) is 17.6 Å². The maximum absolute atomic E-state index is 13.5. The highest BCUT2D eigenvalue weighted by Crippen LogP contribution is 2.22. The maximum atomic E-state index is 13.5. The van der Waals surface area contributed by atoms with Crippen LogP contribution < -0.4 is 0 Å². The minimum Gasteiger partial charge on any atom is -0.395 e. The first-order valence-corrected chi connectivity index (χ1v) is 6.26. The fourth-order valence-electron chi connectivity index (χ4n) is 1.24. The van der Waals surface area contributed by atoms with Crippen molar-refractivity contribution in [3.05, 3.63) is 34.1 Å². The quantitative estimate of drug-likeness (QED) is 0.618. The third kappa shape index (κ3) is 2.81. The molecular weight excluding hydrogens is 267 g/mol. The second kappa shape index (κ2) is 5.38. The first-order chi connectivity index (χ1) is 8.30. The van der Waals surface area contributed by atoms with Crippen molar-refractivity contribution in [1.82, 2.24) is 4.31 Å². The van der Waals surface area contributed by atoms with Crippen LogP contribution >= 0.6 is 0 Å². The molecule has 0 saturated heterocycles. The van der Waals surface area contributed by atoms with Gasteiger partial charge in [0.2, 0.25) is 10.0 Å². The van der Waals surface area contributed by atoms with E-state index in [4.69, 9.17) is 5.11 Å². The molecule has 0 saturated carbocycles. The minimum absolute atomic E-state index is 0.196. The molecule has 100 valence electrons. The van der Waals surface area contributed by atoms with E-state index in [2.05, 4.69) is 0 Å². The first-order valence-electron chi connectivity index (χ1n) is 4.82. The van der Waals surface area contributed by atoms with Gasteiger partial charge in [-0.1, -0.05) is 0 Å². The zero-order chi connectivity index (χ0) is 13.9. The summed E-state index contributed by atoms with van der Waals surface area (Å²) in [4.78, 5) is 8.91. The van der Waals surface area contributed by atoms with Crippen LogP contribution in [0.5, 0.6) is 0 Å². The van der Waals surface area contributed by atoms with E-state index in [1.807, 2.05) is 0 Å². The zero-order valence-corrected chi connectivity index (χ0v) is 10.2. The van der Waals surface area contributed by atoms with Crippen LogP contribution in [-0.4, -0.2) is 43.0 Å². The molecule has 0 atom stereocenters. The summed E-state index contributed by atoms with van der Waals surface area (Å²) in [6.07, 6.45) is 0. The lowest BCUT2D eigenvalue weighted by atomic mass is 10.3. The number of nitrogens with zero attached hydrogens (tertiary/aromatic N) is 2. The average molecular weight is 278 g/mol. The van der Waals surface area contributed by atoms with Gasteiger partial charge < -0.3 is 5.11 Å². The van der Waals surface area contributed by atoms with Crippen LogP contribution in [0.25, 0.3) is 0 Å². The molecule has 0 amide bonds. The van der Waals surface area contributed by atoms with Crippen molar-refractivity contribution in [2.45, 2.75) is 4.90 Å². The molecule has 0 radical (unpaired) electrons. The summed E-state index contributed by atoms with van der Waals surface area (Å²) in [6, 6.07) is 2.28. The van der Waals surface area contributed by atoms with Crippen molar-refractivity contribution in [1.29, 1.82) is 0 Å². The lowest BCUT2D eigenvalue weighted by Crippen LogP contribution is -2.30.